The van der Waals surface area contributed by atoms with Crippen LogP contribution in [0.25, 0.3) is 11.3 Å². The van der Waals surface area contributed by atoms with E-state index in [9.17, 15) is 0 Å². The molecule has 3 rings (SSSR count). The minimum atomic E-state index is 0.0708. The van der Waals surface area contributed by atoms with E-state index in [4.69, 9.17) is 5.73 Å². The van der Waals surface area contributed by atoms with Crippen LogP contribution in [0, 0.1) is 0 Å². The number of pyridine rings is 2. The van der Waals surface area contributed by atoms with Crippen LogP contribution in [-0.4, -0.2) is 25.0 Å². The number of aromatic nitrogens is 5. The molecular weight excluding hydrogens is 264 g/mol. The third-order valence-corrected chi connectivity index (χ3v) is 3.30. The molecule has 0 fully saturated rings. The smallest absolute Gasteiger partial charge is 0.114 e. The van der Waals surface area contributed by atoms with E-state index in [0.717, 1.165) is 23.4 Å². The van der Waals surface area contributed by atoms with E-state index in [1.165, 1.54) is 0 Å². The summed E-state index contributed by atoms with van der Waals surface area (Å²) in [4.78, 5) is 8.48. The Morgan fingerprint density at radius 2 is 2.19 bits per heavy atom. The van der Waals surface area contributed by atoms with E-state index < -0.39 is 0 Å². The second kappa shape index (κ2) is 5.70. The van der Waals surface area contributed by atoms with Gasteiger partial charge in [0.2, 0.25) is 0 Å². The lowest BCUT2D eigenvalue weighted by Crippen LogP contribution is -2.11. The zero-order chi connectivity index (χ0) is 14.7. The fraction of sp³-hybridized carbons (Fsp3) is 0.200. The molecule has 0 aliphatic rings. The summed E-state index contributed by atoms with van der Waals surface area (Å²) in [7, 11) is 0. The minimum Gasteiger partial charge on any atom is -0.397 e. The number of anilines is 1. The number of nitrogens with zero attached hydrogens (tertiary/aromatic N) is 5. The van der Waals surface area contributed by atoms with Crippen LogP contribution in [0.5, 0.6) is 0 Å². The summed E-state index contributed by atoms with van der Waals surface area (Å²) in [5.41, 5.74) is 8.95. The van der Waals surface area contributed by atoms with E-state index in [2.05, 4.69) is 27.2 Å². The number of hydrogen-bond donors (Lipinski definition) is 1. The molecule has 0 saturated carbocycles. The SMILES string of the molecule is CC[C@H](c1ccccn1)n1cc(-c2cncc(N)c2)nn1. The Morgan fingerprint density at radius 3 is 2.90 bits per heavy atom. The molecule has 106 valence electrons. The summed E-state index contributed by atoms with van der Waals surface area (Å²) in [6.07, 6.45) is 7.91. The van der Waals surface area contributed by atoms with Crippen molar-refractivity contribution < 1.29 is 0 Å². The summed E-state index contributed by atoms with van der Waals surface area (Å²) in [5.74, 6) is 0. The Morgan fingerprint density at radius 1 is 1.29 bits per heavy atom. The average molecular weight is 280 g/mol. The third-order valence-electron chi connectivity index (χ3n) is 3.30. The van der Waals surface area contributed by atoms with Crippen LogP contribution in [0.2, 0.25) is 0 Å². The van der Waals surface area contributed by atoms with Crippen molar-refractivity contribution in [3.05, 3.63) is 54.7 Å². The quantitative estimate of drug-likeness (QED) is 0.793. The van der Waals surface area contributed by atoms with E-state index in [1.54, 1.807) is 18.6 Å². The Balaban J connectivity index is 1.94. The predicted octanol–water partition coefficient (Wildman–Crippen LogP) is 2.32. The molecule has 0 bridgehead atoms. The number of rotatable bonds is 4. The standard InChI is InChI=1S/C15H16N6/c1-2-15(13-5-3-4-6-18-13)21-10-14(19-20-21)11-7-12(16)9-17-8-11/h3-10,15H,2,16H2,1H3/t15-/m1/s1. The molecular formula is C15H16N6. The Labute approximate surface area is 122 Å². The fourth-order valence-electron chi connectivity index (χ4n) is 2.26. The first-order valence-corrected chi connectivity index (χ1v) is 6.81. The van der Waals surface area contributed by atoms with Crippen LogP contribution in [0.3, 0.4) is 0 Å². The van der Waals surface area contributed by atoms with Crippen molar-refractivity contribution in [3.8, 4) is 11.3 Å². The Bertz CT molecular complexity index is 722. The molecule has 3 aromatic heterocycles. The van der Waals surface area contributed by atoms with Crippen LogP contribution in [0.1, 0.15) is 25.1 Å². The van der Waals surface area contributed by atoms with Gasteiger partial charge in [-0.3, -0.25) is 9.97 Å². The van der Waals surface area contributed by atoms with Gasteiger partial charge in [0.25, 0.3) is 0 Å². The summed E-state index contributed by atoms with van der Waals surface area (Å²) in [5, 5.41) is 8.44. The van der Waals surface area contributed by atoms with Gasteiger partial charge in [0.1, 0.15) is 5.69 Å². The van der Waals surface area contributed by atoms with Crippen LogP contribution in [0.4, 0.5) is 5.69 Å². The molecule has 0 saturated heterocycles. The molecule has 0 spiro atoms. The zero-order valence-electron chi connectivity index (χ0n) is 11.7. The predicted molar refractivity (Wildman–Crippen MR) is 80.3 cm³/mol. The zero-order valence-corrected chi connectivity index (χ0v) is 11.7. The fourth-order valence-corrected chi connectivity index (χ4v) is 2.26. The van der Waals surface area contributed by atoms with Crippen molar-refractivity contribution in [1.82, 2.24) is 25.0 Å². The second-order valence-corrected chi connectivity index (χ2v) is 4.77. The summed E-state index contributed by atoms with van der Waals surface area (Å²) < 4.78 is 1.83. The van der Waals surface area contributed by atoms with Gasteiger partial charge in [-0.05, 0) is 24.6 Å². The lowest BCUT2D eigenvalue weighted by Gasteiger charge is -2.13. The largest absolute Gasteiger partial charge is 0.397 e. The van der Waals surface area contributed by atoms with Crippen molar-refractivity contribution in [1.29, 1.82) is 0 Å². The molecule has 2 N–H and O–H groups in total. The Kier molecular flexibility index (Phi) is 3.59. The van der Waals surface area contributed by atoms with Gasteiger partial charge >= 0.3 is 0 Å². The summed E-state index contributed by atoms with van der Waals surface area (Å²) in [6, 6.07) is 7.79. The lowest BCUT2D eigenvalue weighted by atomic mass is 10.1. The maximum atomic E-state index is 5.75. The van der Waals surface area contributed by atoms with Crippen LogP contribution in [0.15, 0.2) is 49.1 Å². The first-order valence-electron chi connectivity index (χ1n) is 6.81. The monoisotopic (exact) mass is 280 g/mol. The van der Waals surface area contributed by atoms with E-state index in [1.807, 2.05) is 35.1 Å². The topological polar surface area (TPSA) is 82.5 Å². The van der Waals surface area contributed by atoms with Crippen LogP contribution < -0.4 is 5.73 Å². The summed E-state index contributed by atoms with van der Waals surface area (Å²) >= 11 is 0. The molecule has 6 heteroatoms. The van der Waals surface area contributed by atoms with Gasteiger partial charge in [-0.2, -0.15) is 0 Å². The van der Waals surface area contributed by atoms with Gasteiger partial charge in [0.05, 0.1) is 23.6 Å². The molecule has 0 unspecified atom stereocenters. The van der Waals surface area contributed by atoms with Gasteiger partial charge < -0.3 is 5.73 Å². The molecule has 3 aromatic rings. The lowest BCUT2D eigenvalue weighted by molar-refractivity contribution is 0.483. The molecule has 1 atom stereocenters. The van der Waals surface area contributed by atoms with E-state index in [-0.39, 0.29) is 6.04 Å². The first kappa shape index (κ1) is 13.2. The Hall–Kier alpha value is -2.76. The highest BCUT2D eigenvalue weighted by molar-refractivity contribution is 5.61. The van der Waals surface area contributed by atoms with Gasteiger partial charge in [0, 0.05) is 24.2 Å². The molecule has 3 heterocycles. The van der Waals surface area contributed by atoms with Crippen molar-refractivity contribution in [3.63, 3.8) is 0 Å². The molecule has 0 aliphatic heterocycles. The third kappa shape index (κ3) is 2.74. The maximum Gasteiger partial charge on any atom is 0.114 e. The molecule has 0 aliphatic carbocycles. The van der Waals surface area contributed by atoms with Crippen molar-refractivity contribution in [2.45, 2.75) is 19.4 Å². The highest BCUT2D eigenvalue weighted by atomic mass is 15.4. The first-order chi connectivity index (χ1) is 10.3. The van der Waals surface area contributed by atoms with E-state index >= 15 is 0 Å². The molecule has 0 amide bonds. The van der Waals surface area contributed by atoms with E-state index in [0.29, 0.717) is 5.69 Å². The minimum absolute atomic E-state index is 0.0708. The highest BCUT2D eigenvalue weighted by Gasteiger charge is 2.15. The summed E-state index contributed by atoms with van der Waals surface area (Å²) in [6.45, 7) is 2.10. The highest BCUT2D eigenvalue weighted by Crippen LogP contribution is 2.22. The second-order valence-electron chi connectivity index (χ2n) is 4.77. The van der Waals surface area contributed by atoms with Crippen molar-refractivity contribution >= 4 is 5.69 Å². The molecule has 6 nitrogen and oxygen atoms in total. The van der Waals surface area contributed by atoms with Gasteiger partial charge in [-0.25, -0.2) is 4.68 Å². The van der Waals surface area contributed by atoms with Gasteiger partial charge in [-0.1, -0.05) is 18.2 Å². The van der Waals surface area contributed by atoms with Crippen LogP contribution >= 0.6 is 0 Å². The normalized spacial score (nSPS) is 12.2. The number of nitrogens with two attached hydrogens (primary N) is 1. The van der Waals surface area contributed by atoms with Crippen LogP contribution in [-0.2, 0) is 0 Å². The molecule has 21 heavy (non-hydrogen) atoms. The molecule has 0 aromatic carbocycles. The van der Waals surface area contributed by atoms with Gasteiger partial charge in [-0.15, -0.1) is 5.10 Å². The van der Waals surface area contributed by atoms with Crippen molar-refractivity contribution in [2.24, 2.45) is 0 Å². The van der Waals surface area contributed by atoms with Gasteiger partial charge in [0.15, 0.2) is 0 Å². The maximum absolute atomic E-state index is 5.75. The number of nitrogen functional groups attached to an aromatic ring is 1. The molecule has 0 radical (unpaired) electrons. The van der Waals surface area contributed by atoms with Crippen molar-refractivity contribution in [2.75, 3.05) is 5.73 Å². The number of hydrogen-bond acceptors (Lipinski definition) is 5. The average Bonchev–Trinajstić information content (AvgIpc) is 2.99.